The van der Waals surface area contributed by atoms with Crippen LogP contribution in [-0.4, -0.2) is 68.1 Å². The molecule has 1 fully saturated rings. The Bertz CT molecular complexity index is 522. The maximum atomic E-state index is 12.3. The lowest BCUT2D eigenvalue weighted by molar-refractivity contribution is 0.101. The summed E-state index contributed by atoms with van der Waals surface area (Å²) in [6, 6.07) is 6.89. The van der Waals surface area contributed by atoms with Crippen molar-refractivity contribution in [3.63, 3.8) is 0 Å². The fraction of sp³-hybridized carbons (Fsp3) is 0.529. The number of ether oxygens (including phenoxy) is 1. The number of urea groups is 1. The molecule has 0 unspecified atom stereocenters. The summed E-state index contributed by atoms with van der Waals surface area (Å²) in [5.41, 5.74) is 1.36. The molecule has 126 valence electrons. The molecule has 1 aliphatic rings. The molecule has 0 saturated carbocycles. The monoisotopic (exact) mass is 319 g/mol. The lowest BCUT2D eigenvalue weighted by atomic mass is 10.1. The third-order valence-corrected chi connectivity index (χ3v) is 4.03. The predicted octanol–water partition coefficient (Wildman–Crippen LogP) is 2.08. The average Bonchev–Trinajstić information content (AvgIpc) is 2.56. The number of hydrogen-bond acceptors (Lipinski definition) is 4. The summed E-state index contributed by atoms with van der Waals surface area (Å²) in [6.45, 7) is 6.54. The number of carbonyl (C=O) groups excluding carboxylic acids is 2. The molecule has 1 aromatic carbocycles. The molecular weight excluding hydrogens is 294 g/mol. The second kappa shape index (κ2) is 8.64. The molecule has 2 rings (SSSR count). The minimum Gasteiger partial charge on any atom is -0.385 e. The van der Waals surface area contributed by atoms with Gasteiger partial charge in [-0.3, -0.25) is 9.69 Å². The van der Waals surface area contributed by atoms with E-state index in [-0.39, 0.29) is 11.8 Å². The first-order valence-electron chi connectivity index (χ1n) is 7.98. The Labute approximate surface area is 137 Å². The van der Waals surface area contributed by atoms with Crippen LogP contribution in [0.2, 0.25) is 0 Å². The van der Waals surface area contributed by atoms with E-state index in [0.717, 1.165) is 45.8 Å². The molecule has 0 bridgehead atoms. The molecule has 1 saturated heterocycles. The summed E-state index contributed by atoms with van der Waals surface area (Å²) in [6.07, 6.45) is 1.02. The molecule has 6 nitrogen and oxygen atoms in total. The summed E-state index contributed by atoms with van der Waals surface area (Å²) >= 11 is 0. The topological polar surface area (TPSA) is 61.9 Å². The lowest BCUT2D eigenvalue weighted by Gasteiger charge is -2.34. The van der Waals surface area contributed by atoms with Crippen LogP contribution in [0, 0.1) is 0 Å². The molecule has 1 heterocycles. The number of piperazine rings is 1. The van der Waals surface area contributed by atoms with Gasteiger partial charge in [0.2, 0.25) is 0 Å². The van der Waals surface area contributed by atoms with Crippen LogP contribution in [0.25, 0.3) is 0 Å². The van der Waals surface area contributed by atoms with Crippen molar-refractivity contribution in [1.29, 1.82) is 0 Å². The highest BCUT2D eigenvalue weighted by Crippen LogP contribution is 2.12. The summed E-state index contributed by atoms with van der Waals surface area (Å²) in [7, 11) is 1.71. The number of ketones is 1. The summed E-state index contributed by atoms with van der Waals surface area (Å²) in [4.78, 5) is 27.7. The Hall–Kier alpha value is -1.92. The van der Waals surface area contributed by atoms with Crippen LogP contribution in [-0.2, 0) is 4.74 Å². The van der Waals surface area contributed by atoms with E-state index in [4.69, 9.17) is 4.74 Å². The van der Waals surface area contributed by atoms with Gasteiger partial charge in [0, 0.05) is 57.7 Å². The number of carbonyl (C=O) groups is 2. The third kappa shape index (κ3) is 5.33. The zero-order valence-electron chi connectivity index (χ0n) is 13.9. The van der Waals surface area contributed by atoms with Gasteiger partial charge in [-0.15, -0.1) is 0 Å². The van der Waals surface area contributed by atoms with Gasteiger partial charge in [0.05, 0.1) is 0 Å². The highest BCUT2D eigenvalue weighted by molar-refractivity contribution is 5.95. The Morgan fingerprint density at radius 2 is 1.78 bits per heavy atom. The second-order valence-corrected chi connectivity index (χ2v) is 5.74. The Morgan fingerprint density at radius 1 is 1.13 bits per heavy atom. The average molecular weight is 319 g/mol. The zero-order valence-corrected chi connectivity index (χ0v) is 13.9. The first-order valence-corrected chi connectivity index (χ1v) is 7.98. The molecular formula is C17H25N3O3. The predicted molar refractivity (Wildman–Crippen MR) is 90.0 cm³/mol. The van der Waals surface area contributed by atoms with Crippen molar-refractivity contribution in [3.8, 4) is 0 Å². The van der Waals surface area contributed by atoms with Crippen LogP contribution >= 0.6 is 0 Å². The van der Waals surface area contributed by atoms with Crippen LogP contribution in [0.5, 0.6) is 0 Å². The maximum absolute atomic E-state index is 12.3. The van der Waals surface area contributed by atoms with Crippen LogP contribution in [0.4, 0.5) is 10.5 Å². The smallest absolute Gasteiger partial charge is 0.321 e. The SMILES string of the molecule is COCCCN1CCN(C(=O)Nc2ccc(C(C)=O)cc2)CC1. The Kier molecular flexibility index (Phi) is 6.55. The fourth-order valence-electron chi connectivity index (χ4n) is 2.60. The van der Waals surface area contributed by atoms with Gasteiger partial charge in [0.1, 0.15) is 0 Å². The normalized spacial score (nSPS) is 15.5. The molecule has 23 heavy (non-hydrogen) atoms. The molecule has 1 aromatic rings. The van der Waals surface area contributed by atoms with Crippen LogP contribution < -0.4 is 5.32 Å². The standard InChI is InChI=1S/C17H25N3O3/c1-14(21)15-4-6-16(7-5-15)18-17(22)20-11-9-19(10-12-20)8-3-13-23-2/h4-7H,3,8-13H2,1-2H3,(H,18,22). The quantitative estimate of drug-likeness (QED) is 0.644. The van der Waals surface area contributed by atoms with Crippen molar-refractivity contribution in [1.82, 2.24) is 9.80 Å². The van der Waals surface area contributed by atoms with Crippen molar-refractivity contribution in [2.24, 2.45) is 0 Å². The number of rotatable bonds is 6. The van der Waals surface area contributed by atoms with Crippen LogP contribution in [0.3, 0.4) is 0 Å². The van der Waals surface area contributed by atoms with Gasteiger partial charge in [0.25, 0.3) is 0 Å². The van der Waals surface area contributed by atoms with Gasteiger partial charge in [-0.05, 0) is 37.6 Å². The Morgan fingerprint density at radius 3 is 2.35 bits per heavy atom. The molecule has 1 N–H and O–H groups in total. The number of nitrogens with one attached hydrogen (secondary N) is 1. The van der Waals surface area contributed by atoms with Gasteiger partial charge in [-0.25, -0.2) is 4.79 Å². The number of amides is 2. The van der Waals surface area contributed by atoms with E-state index in [1.165, 1.54) is 6.92 Å². The molecule has 0 spiro atoms. The minimum absolute atomic E-state index is 0.0208. The van der Waals surface area contributed by atoms with Gasteiger partial charge < -0.3 is 15.0 Å². The van der Waals surface area contributed by atoms with Crippen molar-refractivity contribution in [2.75, 3.05) is 51.8 Å². The molecule has 0 atom stereocenters. The third-order valence-electron chi connectivity index (χ3n) is 4.03. The van der Waals surface area contributed by atoms with Crippen molar-refractivity contribution >= 4 is 17.5 Å². The minimum atomic E-state index is -0.0860. The second-order valence-electron chi connectivity index (χ2n) is 5.74. The number of Topliss-reactive ketones (excluding diaryl/α,β-unsaturated/α-hetero) is 1. The molecule has 0 radical (unpaired) electrons. The highest BCUT2D eigenvalue weighted by atomic mass is 16.5. The van der Waals surface area contributed by atoms with E-state index in [1.54, 1.807) is 31.4 Å². The van der Waals surface area contributed by atoms with Crippen molar-refractivity contribution in [2.45, 2.75) is 13.3 Å². The summed E-state index contributed by atoms with van der Waals surface area (Å²) in [5, 5.41) is 2.88. The van der Waals surface area contributed by atoms with E-state index in [1.807, 2.05) is 4.90 Å². The largest absolute Gasteiger partial charge is 0.385 e. The first kappa shape index (κ1) is 17.4. The van der Waals surface area contributed by atoms with Crippen molar-refractivity contribution in [3.05, 3.63) is 29.8 Å². The number of methoxy groups -OCH3 is 1. The molecule has 6 heteroatoms. The summed E-state index contributed by atoms with van der Waals surface area (Å²) in [5.74, 6) is 0.0208. The van der Waals surface area contributed by atoms with Gasteiger partial charge in [-0.1, -0.05) is 0 Å². The van der Waals surface area contributed by atoms with E-state index in [2.05, 4.69) is 10.2 Å². The molecule has 0 aliphatic carbocycles. The maximum Gasteiger partial charge on any atom is 0.321 e. The van der Waals surface area contributed by atoms with Gasteiger partial charge in [-0.2, -0.15) is 0 Å². The van der Waals surface area contributed by atoms with E-state index in [9.17, 15) is 9.59 Å². The van der Waals surface area contributed by atoms with Crippen molar-refractivity contribution < 1.29 is 14.3 Å². The van der Waals surface area contributed by atoms with E-state index < -0.39 is 0 Å². The number of anilines is 1. The summed E-state index contributed by atoms with van der Waals surface area (Å²) < 4.78 is 5.06. The molecule has 2 amide bonds. The zero-order chi connectivity index (χ0) is 16.7. The van der Waals surface area contributed by atoms with Crippen LogP contribution in [0.15, 0.2) is 24.3 Å². The highest BCUT2D eigenvalue weighted by Gasteiger charge is 2.20. The first-order chi connectivity index (χ1) is 11.1. The van der Waals surface area contributed by atoms with E-state index in [0.29, 0.717) is 11.3 Å². The number of benzene rings is 1. The lowest BCUT2D eigenvalue weighted by Crippen LogP contribution is -2.50. The number of hydrogen-bond donors (Lipinski definition) is 1. The molecule has 0 aromatic heterocycles. The van der Waals surface area contributed by atoms with Gasteiger partial charge in [0.15, 0.2) is 5.78 Å². The van der Waals surface area contributed by atoms with Crippen LogP contribution in [0.1, 0.15) is 23.7 Å². The Balaban J connectivity index is 1.77. The van der Waals surface area contributed by atoms with E-state index >= 15 is 0 Å². The fourth-order valence-corrected chi connectivity index (χ4v) is 2.60. The number of nitrogens with zero attached hydrogens (tertiary/aromatic N) is 2. The molecule has 1 aliphatic heterocycles. The van der Waals surface area contributed by atoms with Gasteiger partial charge >= 0.3 is 6.03 Å².